The van der Waals surface area contributed by atoms with Crippen LogP contribution in [0, 0.1) is 5.92 Å². The number of aliphatic hydroxyl groups is 2. The molecule has 0 amide bonds. The number of alkyl halides is 2. The van der Waals surface area contributed by atoms with Crippen LogP contribution in [0.2, 0.25) is 0 Å². The molecule has 3 atom stereocenters. The van der Waals surface area contributed by atoms with E-state index in [-0.39, 0.29) is 3.23 Å². The van der Waals surface area contributed by atoms with Crippen molar-refractivity contribution in [3.05, 3.63) is 0 Å². The molecule has 0 heterocycles. The number of halogens is 2. The second-order valence-corrected chi connectivity index (χ2v) is 7.13. The Hall–Kier alpha value is 0.880. The van der Waals surface area contributed by atoms with Crippen molar-refractivity contribution < 1.29 is 10.2 Å². The first-order chi connectivity index (χ1) is 4.93. The predicted molar refractivity (Wildman–Crippen MR) is 51.0 cm³/mol. The van der Waals surface area contributed by atoms with Gasteiger partial charge in [0.05, 0.1) is 15.4 Å². The second kappa shape index (κ2) is 3.32. The fourth-order valence-corrected chi connectivity index (χ4v) is 2.35. The van der Waals surface area contributed by atoms with Gasteiger partial charge in [0.15, 0.2) is 0 Å². The Labute approximate surface area is 83.2 Å². The van der Waals surface area contributed by atoms with Crippen LogP contribution in [0.4, 0.5) is 0 Å². The van der Waals surface area contributed by atoms with E-state index in [0.29, 0.717) is 18.8 Å². The van der Waals surface area contributed by atoms with E-state index in [1.165, 1.54) is 0 Å². The topological polar surface area (TPSA) is 40.5 Å². The van der Waals surface area contributed by atoms with Crippen LogP contribution in [0.15, 0.2) is 0 Å². The van der Waals surface area contributed by atoms with Gasteiger partial charge in [-0.1, -0.05) is 38.8 Å². The van der Waals surface area contributed by atoms with Gasteiger partial charge in [-0.3, -0.25) is 0 Å². The van der Waals surface area contributed by atoms with E-state index < -0.39 is 12.2 Å². The monoisotopic (exact) mass is 286 g/mol. The Morgan fingerprint density at radius 3 is 2.27 bits per heavy atom. The van der Waals surface area contributed by atoms with Gasteiger partial charge in [0.25, 0.3) is 0 Å². The van der Waals surface area contributed by atoms with Crippen molar-refractivity contribution in [1.82, 2.24) is 0 Å². The van der Waals surface area contributed by atoms with Crippen LogP contribution in [0.3, 0.4) is 0 Å². The summed E-state index contributed by atoms with van der Waals surface area (Å²) in [5, 5.41) is 18.6. The smallest absolute Gasteiger partial charge is 0.0857 e. The van der Waals surface area contributed by atoms with Gasteiger partial charge in [-0.2, -0.15) is 0 Å². The first kappa shape index (κ1) is 9.96. The molecule has 1 fully saturated rings. The largest absolute Gasteiger partial charge is 0.390 e. The molecule has 1 aliphatic carbocycles. The fraction of sp³-hybridized carbons (Fsp3) is 1.00. The van der Waals surface area contributed by atoms with Gasteiger partial charge in [0, 0.05) is 6.42 Å². The van der Waals surface area contributed by atoms with E-state index in [2.05, 4.69) is 31.9 Å². The highest BCUT2D eigenvalue weighted by Crippen LogP contribution is 2.45. The number of hydrogen-bond acceptors (Lipinski definition) is 2. The highest BCUT2D eigenvalue weighted by Gasteiger charge is 2.41. The van der Waals surface area contributed by atoms with Crippen LogP contribution < -0.4 is 0 Å². The minimum absolute atomic E-state index is 0.196. The third-order valence-electron chi connectivity index (χ3n) is 2.24. The Balaban J connectivity index is 2.63. The van der Waals surface area contributed by atoms with Gasteiger partial charge in [-0.15, -0.1) is 0 Å². The lowest BCUT2D eigenvalue weighted by atomic mass is 9.86. The lowest BCUT2D eigenvalue weighted by Gasteiger charge is -2.38. The van der Waals surface area contributed by atoms with Crippen molar-refractivity contribution in [2.75, 3.05) is 0 Å². The van der Waals surface area contributed by atoms with Crippen molar-refractivity contribution >= 4 is 31.9 Å². The van der Waals surface area contributed by atoms with E-state index in [0.717, 1.165) is 0 Å². The first-order valence-corrected chi connectivity index (χ1v) is 5.26. The number of aliphatic hydroxyl groups excluding tert-OH is 2. The van der Waals surface area contributed by atoms with Crippen LogP contribution in [-0.4, -0.2) is 25.7 Å². The van der Waals surface area contributed by atoms with Crippen LogP contribution in [-0.2, 0) is 0 Å². The van der Waals surface area contributed by atoms with E-state index >= 15 is 0 Å². The highest BCUT2D eigenvalue weighted by molar-refractivity contribution is 9.25. The summed E-state index contributed by atoms with van der Waals surface area (Å²) in [6, 6.07) is 0. The predicted octanol–water partition coefficient (Wildman–Crippen LogP) is 1.62. The highest BCUT2D eigenvalue weighted by atomic mass is 79.9. The van der Waals surface area contributed by atoms with E-state index in [1.807, 2.05) is 6.92 Å². The van der Waals surface area contributed by atoms with E-state index in [9.17, 15) is 10.2 Å². The summed E-state index contributed by atoms with van der Waals surface area (Å²) in [4.78, 5) is 0. The molecule has 3 unspecified atom stereocenters. The molecular weight excluding hydrogens is 276 g/mol. The van der Waals surface area contributed by atoms with Gasteiger partial charge in [0.1, 0.15) is 0 Å². The van der Waals surface area contributed by atoms with Crippen LogP contribution in [0.5, 0.6) is 0 Å². The SMILES string of the molecule is CC1CC(O)C(O)CC1(Br)Br. The summed E-state index contributed by atoms with van der Waals surface area (Å²) < 4.78 is -0.196. The third-order valence-corrected chi connectivity index (χ3v) is 4.45. The molecule has 66 valence electrons. The molecule has 0 aliphatic heterocycles. The normalized spacial score (nSPS) is 43.9. The fourth-order valence-electron chi connectivity index (χ4n) is 1.31. The van der Waals surface area contributed by atoms with Crippen LogP contribution in [0.25, 0.3) is 0 Å². The van der Waals surface area contributed by atoms with Crippen LogP contribution >= 0.6 is 31.9 Å². The Kier molecular flexibility index (Phi) is 3.01. The second-order valence-electron chi connectivity index (χ2n) is 3.24. The zero-order chi connectivity index (χ0) is 8.65. The van der Waals surface area contributed by atoms with Gasteiger partial charge in [-0.05, 0) is 12.3 Å². The summed E-state index contributed by atoms with van der Waals surface area (Å²) in [7, 11) is 0. The lowest BCUT2D eigenvalue weighted by Crippen LogP contribution is -2.43. The molecule has 11 heavy (non-hydrogen) atoms. The molecule has 0 aromatic rings. The number of hydrogen-bond donors (Lipinski definition) is 2. The maximum atomic E-state index is 9.32. The van der Waals surface area contributed by atoms with E-state index in [4.69, 9.17) is 0 Å². The molecule has 4 heteroatoms. The molecule has 0 aromatic carbocycles. The standard InChI is InChI=1S/C7H12Br2O2/c1-4-2-5(10)6(11)3-7(4,8)9/h4-6,10-11H,2-3H2,1H3. The van der Waals surface area contributed by atoms with Gasteiger partial charge < -0.3 is 10.2 Å². The molecule has 0 bridgehead atoms. The molecule has 2 N–H and O–H groups in total. The maximum Gasteiger partial charge on any atom is 0.0857 e. The van der Waals surface area contributed by atoms with Crippen molar-refractivity contribution in [2.24, 2.45) is 5.92 Å². The average Bonchev–Trinajstić information content (AvgIpc) is 1.83. The molecule has 0 radical (unpaired) electrons. The minimum Gasteiger partial charge on any atom is -0.390 e. The van der Waals surface area contributed by atoms with Crippen molar-refractivity contribution in [3.8, 4) is 0 Å². The van der Waals surface area contributed by atoms with Crippen molar-refractivity contribution in [1.29, 1.82) is 0 Å². The summed E-state index contributed by atoms with van der Waals surface area (Å²) in [6.07, 6.45) is 0.0191. The quantitative estimate of drug-likeness (QED) is 0.665. The molecule has 1 saturated carbocycles. The zero-order valence-corrected chi connectivity index (χ0v) is 9.47. The molecule has 0 saturated heterocycles. The third kappa shape index (κ3) is 2.17. The van der Waals surface area contributed by atoms with Crippen LogP contribution in [0.1, 0.15) is 19.8 Å². The molecular formula is C7H12Br2O2. The maximum absolute atomic E-state index is 9.32. The summed E-state index contributed by atoms with van der Waals surface area (Å²) in [5.74, 6) is 0.334. The van der Waals surface area contributed by atoms with Crippen molar-refractivity contribution in [2.45, 2.75) is 35.2 Å². The van der Waals surface area contributed by atoms with Gasteiger partial charge in [-0.25, -0.2) is 0 Å². The molecule has 0 spiro atoms. The molecule has 1 rings (SSSR count). The molecule has 0 aromatic heterocycles. The zero-order valence-electron chi connectivity index (χ0n) is 6.30. The molecule has 2 nitrogen and oxygen atoms in total. The average molecular weight is 288 g/mol. The van der Waals surface area contributed by atoms with E-state index in [1.54, 1.807) is 0 Å². The summed E-state index contributed by atoms with van der Waals surface area (Å²) >= 11 is 6.94. The Bertz CT molecular complexity index is 149. The molecule has 1 aliphatic rings. The van der Waals surface area contributed by atoms with Crippen molar-refractivity contribution in [3.63, 3.8) is 0 Å². The Morgan fingerprint density at radius 2 is 1.82 bits per heavy atom. The summed E-state index contributed by atoms with van der Waals surface area (Å²) in [5.41, 5.74) is 0. The van der Waals surface area contributed by atoms with Gasteiger partial charge >= 0.3 is 0 Å². The summed E-state index contributed by atoms with van der Waals surface area (Å²) in [6.45, 7) is 2.04. The first-order valence-electron chi connectivity index (χ1n) is 3.67. The lowest BCUT2D eigenvalue weighted by molar-refractivity contribution is -0.0225. The Morgan fingerprint density at radius 1 is 1.27 bits per heavy atom. The van der Waals surface area contributed by atoms with Gasteiger partial charge in [0.2, 0.25) is 0 Å². The minimum atomic E-state index is -0.607. The number of rotatable bonds is 0.